The molecule has 31 heavy (non-hydrogen) atoms. The smallest absolute Gasteiger partial charge is 0.408 e. The second-order valence-electron chi connectivity index (χ2n) is 9.16. The number of rotatable bonds is 5. The summed E-state index contributed by atoms with van der Waals surface area (Å²) in [7, 11) is 0. The third kappa shape index (κ3) is 5.40. The molecular formula is C25H29N3O3. The highest BCUT2D eigenvalue weighted by Crippen LogP contribution is 2.32. The molecule has 0 radical (unpaired) electrons. The summed E-state index contributed by atoms with van der Waals surface area (Å²) in [6.07, 6.45) is 3.17. The van der Waals surface area contributed by atoms with Crippen LogP contribution >= 0.6 is 0 Å². The van der Waals surface area contributed by atoms with Gasteiger partial charge in [-0.1, -0.05) is 36.4 Å². The maximum absolute atomic E-state index is 12.2. The number of benzene rings is 2. The van der Waals surface area contributed by atoms with Crippen molar-refractivity contribution in [2.45, 2.75) is 52.2 Å². The Balaban J connectivity index is 1.93. The van der Waals surface area contributed by atoms with Gasteiger partial charge in [-0.05, 0) is 68.3 Å². The number of primary amides is 1. The molecule has 0 bridgehead atoms. The topological polar surface area (TPSA) is 94.3 Å². The van der Waals surface area contributed by atoms with Gasteiger partial charge in [0.15, 0.2) is 0 Å². The fourth-order valence-electron chi connectivity index (χ4n) is 3.57. The lowest BCUT2D eigenvalue weighted by atomic mass is 9.89. The van der Waals surface area contributed by atoms with Crippen LogP contribution in [0.5, 0.6) is 0 Å². The van der Waals surface area contributed by atoms with Gasteiger partial charge >= 0.3 is 6.09 Å². The van der Waals surface area contributed by atoms with E-state index in [1.165, 1.54) is 0 Å². The van der Waals surface area contributed by atoms with E-state index in [1.54, 1.807) is 12.4 Å². The van der Waals surface area contributed by atoms with Crippen molar-refractivity contribution in [3.63, 3.8) is 0 Å². The number of alkyl carbamates (subject to hydrolysis) is 1. The lowest BCUT2D eigenvalue weighted by molar-refractivity contribution is -0.117. The predicted octanol–water partition coefficient (Wildman–Crippen LogP) is 4.69. The zero-order valence-corrected chi connectivity index (χ0v) is 18.7. The third-order valence-electron chi connectivity index (χ3n) is 5.01. The van der Waals surface area contributed by atoms with Crippen LogP contribution in [0, 0.1) is 0 Å². The standard InChI is InChI=1S/C25H29N3O3/c1-24(2,3)31-23(30)28-25(4,5)18-9-6-16(7-10-18)19-11-8-17-15-27-13-12-20(17)21(19)14-22(26)29/h6-13,15H,14H2,1-5H3,(H2,26,29)(H,28,30). The van der Waals surface area contributed by atoms with Gasteiger partial charge in [-0.3, -0.25) is 9.78 Å². The maximum atomic E-state index is 12.2. The average Bonchev–Trinajstić information content (AvgIpc) is 2.66. The highest BCUT2D eigenvalue weighted by Gasteiger charge is 2.26. The quantitative estimate of drug-likeness (QED) is 0.627. The first-order valence-corrected chi connectivity index (χ1v) is 10.2. The molecule has 2 amide bonds. The van der Waals surface area contributed by atoms with E-state index < -0.39 is 17.2 Å². The molecule has 6 nitrogen and oxygen atoms in total. The van der Waals surface area contributed by atoms with Gasteiger partial charge in [0.25, 0.3) is 0 Å². The molecule has 0 saturated heterocycles. The van der Waals surface area contributed by atoms with Gasteiger partial charge in [-0.15, -0.1) is 0 Å². The molecule has 162 valence electrons. The molecule has 0 aliphatic rings. The Morgan fingerprint density at radius 1 is 1.00 bits per heavy atom. The van der Waals surface area contributed by atoms with Crippen molar-refractivity contribution >= 4 is 22.8 Å². The van der Waals surface area contributed by atoms with E-state index in [4.69, 9.17) is 10.5 Å². The van der Waals surface area contributed by atoms with Crippen LogP contribution < -0.4 is 11.1 Å². The number of carbonyl (C=O) groups is 2. The fourth-order valence-corrected chi connectivity index (χ4v) is 3.57. The Bertz CT molecular complexity index is 1110. The summed E-state index contributed by atoms with van der Waals surface area (Å²) in [5.74, 6) is -0.384. The summed E-state index contributed by atoms with van der Waals surface area (Å²) in [6.45, 7) is 9.34. The first-order chi connectivity index (χ1) is 14.5. The Kier molecular flexibility index (Phi) is 6.02. The number of nitrogens with one attached hydrogen (secondary N) is 1. The number of nitrogens with two attached hydrogens (primary N) is 1. The molecule has 2 aromatic carbocycles. The number of hydrogen-bond donors (Lipinski definition) is 2. The first kappa shape index (κ1) is 22.3. The molecule has 0 aliphatic heterocycles. The van der Waals surface area contributed by atoms with E-state index in [0.717, 1.165) is 33.0 Å². The van der Waals surface area contributed by atoms with Crippen molar-refractivity contribution in [2.24, 2.45) is 5.73 Å². The number of hydrogen-bond acceptors (Lipinski definition) is 4. The van der Waals surface area contributed by atoms with Crippen LogP contribution in [0.4, 0.5) is 4.79 Å². The van der Waals surface area contributed by atoms with Crippen LogP contribution in [0.25, 0.3) is 21.9 Å². The monoisotopic (exact) mass is 419 g/mol. The molecule has 0 fully saturated rings. The van der Waals surface area contributed by atoms with Crippen LogP contribution in [0.2, 0.25) is 0 Å². The molecule has 6 heteroatoms. The van der Waals surface area contributed by atoms with E-state index in [1.807, 2.05) is 77.1 Å². The summed E-state index contributed by atoms with van der Waals surface area (Å²) < 4.78 is 5.38. The van der Waals surface area contributed by atoms with E-state index in [-0.39, 0.29) is 12.3 Å². The largest absolute Gasteiger partial charge is 0.444 e. The van der Waals surface area contributed by atoms with Gasteiger partial charge in [0.05, 0.1) is 12.0 Å². The van der Waals surface area contributed by atoms with Crippen molar-refractivity contribution in [2.75, 3.05) is 0 Å². The number of carbonyl (C=O) groups excluding carboxylic acids is 2. The molecule has 1 aromatic heterocycles. The van der Waals surface area contributed by atoms with E-state index in [2.05, 4.69) is 10.3 Å². The minimum absolute atomic E-state index is 0.143. The predicted molar refractivity (Wildman–Crippen MR) is 122 cm³/mol. The number of amides is 2. The highest BCUT2D eigenvalue weighted by molar-refractivity contribution is 5.95. The van der Waals surface area contributed by atoms with Gasteiger partial charge in [-0.2, -0.15) is 0 Å². The zero-order chi connectivity index (χ0) is 22.8. The Morgan fingerprint density at radius 3 is 2.29 bits per heavy atom. The molecule has 0 unspecified atom stereocenters. The van der Waals surface area contributed by atoms with Crippen LogP contribution in [0.3, 0.4) is 0 Å². The fraction of sp³-hybridized carbons (Fsp3) is 0.320. The second-order valence-corrected chi connectivity index (χ2v) is 9.16. The minimum Gasteiger partial charge on any atom is -0.444 e. The lowest BCUT2D eigenvalue weighted by Gasteiger charge is -2.29. The summed E-state index contributed by atoms with van der Waals surface area (Å²) in [5.41, 5.74) is 8.07. The van der Waals surface area contributed by atoms with Gasteiger partial charge in [0.1, 0.15) is 5.60 Å². The van der Waals surface area contributed by atoms with Crippen molar-refractivity contribution < 1.29 is 14.3 Å². The van der Waals surface area contributed by atoms with Crippen molar-refractivity contribution in [3.8, 4) is 11.1 Å². The summed E-state index contributed by atoms with van der Waals surface area (Å²) in [5, 5.41) is 4.84. The van der Waals surface area contributed by atoms with Crippen LogP contribution in [0.1, 0.15) is 45.7 Å². The molecular weight excluding hydrogens is 390 g/mol. The van der Waals surface area contributed by atoms with Gasteiger partial charge in [-0.25, -0.2) is 4.79 Å². The van der Waals surface area contributed by atoms with E-state index >= 15 is 0 Å². The molecule has 3 aromatic rings. The molecule has 1 heterocycles. The van der Waals surface area contributed by atoms with Crippen molar-refractivity contribution in [3.05, 3.63) is 66.0 Å². The van der Waals surface area contributed by atoms with Crippen LogP contribution in [-0.4, -0.2) is 22.6 Å². The third-order valence-corrected chi connectivity index (χ3v) is 5.01. The SMILES string of the molecule is CC(C)(C)OC(=O)NC(C)(C)c1ccc(-c2ccc3cnccc3c2CC(N)=O)cc1. The number of nitrogens with zero attached hydrogens (tertiary/aromatic N) is 1. The highest BCUT2D eigenvalue weighted by atomic mass is 16.6. The van der Waals surface area contributed by atoms with Gasteiger partial charge in [0.2, 0.25) is 5.91 Å². The molecule has 0 saturated carbocycles. The lowest BCUT2D eigenvalue weighted by Crippen LogP contribution is -2.43. The Morgan fingerprint density at radius 2 is 1.68 bits per heavy atom. The van der Waals surface area contributed by atoms with Crippen molar-refractivity contribution in [1.29, 1.82) is 0 Å². The van der Waals surface area contributed by atoms with E-state index in [9.17, 15) is 9.59 Å². The number of ether oxygens (including phenoxy) is 1. The number of pyridine rings is 1. The van der Waals surface area contributed by atoms with Gasteiger partial charge in [0, 0.05) is 17.8 Å². The first-order valence-electron chi connectivity index (χ1n) is 10.2. The maximum Gasteiger partial charge on any atom is 0.408 e. The number of fused-ring (bicyclic) bond motifs is 1. The molecule has 3 N–H and O–H groups in total. The zero-order valence-electron chi connectivity index (χ0n) is 18.7. The van der Waals surface area contributed by atoms with Crippen LogP contribution in [-0.2, 0) is 21.5 Å². The summed E-state index contributed by atoms with van der Waals surface area (Å²) in [4.78, 5) is 28.1. The minimum atomic E-state index is -0.619. The molecule has 0 spiro atoms. The van der Waals surface area contributed by atoms with Crippen LogP contribution in [0.15, 0.2) is 54.9 Å². The molecule has 0 aliphatic carbocycles. The Hall–Kier alpha value is -3.41. The van der Waals surface area contributed by atoms with Crippen molar-refractivity contribution in [1.82, 2.24) is 10.3 Å². The molecule has 3 rings (SSSR count). The summed E-state index contributed by atoms with van der Waals surface area (Å²) in [6, 6.07) is 13.8. The number of aromatic nitrogens is 1. The average molecular weight is 420 g/mol. The molecule has 0 atom stereocenters. The van der Waals surface area contributed by atoms with E-state index in [0.29, 0.717) is 0 Å². The second kappa shape index (κ2) is 8.38. The normalized spacial score (nSPS) is 11.9. The summed E-state index contributed by atoms with van der Waals surface area (Å²) >= 11 is 0. The van der Waals surface area contributed by atoms with Gasteiger partial charge < -0.3 is 15.8 Å². The Labute approximate surface area is 182 Å².